The number of hydrogen-bond acceptors (Lipinski definition) is 5. The normalized spacial score (nSPS) is 21.1. The molecule has 0 radical (unpaired) electrons. The molecule has 0 aromatic carbocycles. The van der Waals surface area contributed by atoms with Crippen LogP contribution in [0.3, 0.4) is 0 Å². The molecule has 10 nitrogen and oxygen atoms in total. The molecule has 0 unspecified atom stereocenters. The van der Waals surface area contributed by atoms with Gasteiger partial charge in [0.05, 0.1) is 13.1 Å². The monoisotopic (exact) mass is 267 g/mol. The van der Waals surface area contributed by atoms with Crippen molar-refractivity contribution in [3.05, 3.63) is 0 Å². The number of hydrazine groups is 2. The van der Waals surface area contributed by atoms with Crippen LogP contribution in [-0.4, -0.2) is 63.2 Å². The van der Waals surface area contributed by atoms with Crippen molar-refractivity contribution in [1.82, 2.24) is 14.9 Å². The first-order valence-electron chi connectivity index (χ1n) is 4.66. The Morgan fingerprint density at radius 2 is 1.47 bits per heavy atom. The summed E-state index contributed by atoms with van der Waals surface area (Å²) in [6, 6.07) is 0. The second-order valence-electron chi connectivity index (χ2n) is 3.26. The highest BCUT2D eigenvalue weighted by Gasteiger charge is 2.46. The lowest BCUT2D eigenvalue weighted by Gasteiger charge is -2.33. The smallest absolute Gasteiger partial charge is 0.440 e. The Morgan fingerprint density at radius 3 is 1.71 bits per heavy atom. The van der Waals surface area contributed by atoms with Gasteiger partial charge >= 0.3 is 19.9 Å². The number of cyclic esters (lactones) is 2. The summed E-state index contributed by atoms with van der Waals surface area (Å²) in [6.07, 6.45) is -1.85. The first-order chi connectivity index (χ1) is 7.91. The number of hydrogen-bond donors (Lipinski definition) is 2. The molecule has 2 aliphatic heterocycles. The summed E-state index contributed by atoms with van der Waals surface area (Å²) in [5.74, 6) is 0. The van der Waals surface area contributed by atoms with Crippen molar-refractivity contribution >= 4 is 19.9 Å². The molecule has 2 amide bonds. The Kier molecular flexibility index (Phi) is 2.96. The zero-order chi connectivity index (χ0) is 12.6. The van der Waals surface area contributed by atoms with Crippen molar-refractivity contribution in [1.29, 1.82) is 0 Å². The molecule has 2 aliphatic rings. The van der Waals surface area contributed by atoms with Crippen molar-refractivity contribution in [2.75, 3.05) is 26.3 Å². The number of nitrogens with zero attached hydrogens (tertiary/aromatic N) is 3. The van der Waals surface area contributed by atoms with Crippen LogP contribution in [0.15, 0.2) is 0 Å². The molecule has 0 atom stereocenters. The van der Waals surface area contributed by atoms with Gasteiger partial charge in [-0.25, -0.2) is 24.2 Å². The maximum Gasteiger partial charge on any atom is 0.440 e. The van der Waals surface area contributed by atoms with E-state index < -0.39 is 19.9 Å². The average molecular weight is 267 g/mol. The molecule has 2 saturated heterocycles. The van der Waals surface area contributed by atoms with Gasteiger partial charge < -0.3 is 19.3 Å². The number of carbonyl (C=O) groups excluding carboxylic acids is 2. The SMILES string of the molecule is O=C1OCCN1N(N1CCOC1=O)P(=O)(O)O. The van der Waals surface area contributed by atoms with Crippen LogP contribution >= 0.6 is 7.75 Å². The first kappa shape index (κ1) is 12.1. The molecule has 11 heteroatoms. The van der Waals surface area contributed by atoms with E-state index in [4.69, 9.17) is 0 Å². The third-order valence-electron chi connectivity index (χ3n) is 2.14. The average Bonchev–Trinajstić information content (AvgIpc) is 2.77. The van der Waals surface area contributed by atoms with Crippen LogP contribution in [0.1, 0.15) is 0 Å². The largest absolute Gasteiger partial charge is 0.446 e. The van der Waals surface area contributed by atoms with Crippen molar-refractivity contribution in [2.45, 2.75) is 0 Å². The minimum Gasteiger partial charge on any atom is -0.446 e. The van der Waals surface area contributed by atoms with E-state index in [-0.39, 0.29) is 31.2 Å². The Labute approximate surface area is 95.4 Å². The molecule has 0 bridgehead atoms. The minimum atomic E-state index is -4.87. The summed E-state index contributed by atoms with van der Waals surface area (Å²) in [4.78, 5) is 41.2. The molecule has 0 aliphatic carbocycles. The second-order valence-corrected chi connectivity index (χ2v) is 4.64. The standard InChI is InChI=1S/C6H10N3O7P/c10-5-7(1-3-15-5)9(17(12,13)14)8-2-4-16-6(8)11/h1-4H2,(H2,12,13,14). The van der Waals surface area contributed by atoms with Crippen LogP contribution in [0.25, 0.3) is 0 Å². The number of amides is 2. The van der Waals surface area contributed by atoms with Crippen LogP contribution in [0.4, 0.5) is 9.59 Å². The van der Waals surface area contributed by atoms with Gasteiger partial charge in [0.2, 0.25) is 0 Å². The van der Waals surface area contributed by atoms with Gasteiger partial charge in [-0.05, 0) is 4.89 Å². The fraction of sp³-hybridized carbons (Fsp3) is 0.667. The highest BCUT2D eigenvalue weighted by molar-refractivity contribution is 7.49. The van der Waals surface area contributed by atoms with Gasteiger partial charge in [0.15, 0.2) is 0 Å². The molecule has 0 spiro atoms. The molecule has 2 fully saturated rings. The van der Waals surface area contributed by atoms with Crippen LogP contribution in [0, 0.1) is 0 Å². The number of ether oxygens (including phenoxy) is 2. The molecule has 0 saturated carbocycles. The quantitative estimate of drug-likeness (QED) is 0.632. The topological polar surface area (TPSA) is 120 Å². The molecule has 2 heterocycles. The summed E-state index contributed by atoms with van der Waals surface area (Å²) >= 11 is 0. The molecular formula is C6H10N3O7P. The lowest BCUT2D eigenvalue weighted by molar-refractivity contribution is -0.0573. The maximum absolute atomic E-state index is 11.3. The molecule has 0 aromatic heterocycles. The van der Waals surface area contributed by atoms with Gasteiger partial charge in [-0.3, -0.25) is 0 Å². The molecule has 17 heavy (non-hydrogen) atoms. The fourth-order valence-electron chi connectivity index (χ4n) is 1.51. The predicted octanol–water partition coefficient (Wildman–Crippen LogP) is -0.885. The summed E-state index contributed by atoms with van der Waals surface area (Å²) in [6.45, 7) is -0.0993. The Hall–Kier alpha value is -1.35. The van der Waals surface area contributed by atoms with Gasteiger partial charge in [-0.2, -0.15) is 0 Å². The Balaban J connectivity index is 2.28. The highest BCUT2D eigenvalue weighted by Crippen LogP contribution is 2.44. The Bertz CT molecular complexity index is 369. The number of rotatable bonds is 3. The van der Waals surface area contributed by atoms with Gasteiger partial charge in [0, 0.05) is 0 Å². The summed E-state index contributed by atoms with van der Waals surface area (Å²) in [5, 5.41) is 1.35. The Morgan fingerprint density at radius 1 is 1.06 bits per heavy atom. The lowest BCUT2D eigenvalue weighted by atomic mass is 10.7. The maximum atomic E-state index is 11.3. The third kappa shape index (κ3) is 2.20. The van der Waals surface area contributed by atoms with E-state index in [0.29, 0.717) is 10.0 Å². The van der Waals surface area contributed by atoms with E-state index in [1.807, 2.05) is 0 Å². The fourth-order valence-corrected chi connectivity index (χ4v) is 2.39. The van der Waals surface area contributed by atoms with E-state index in [2.05, 4.69) is 9.47 Å². The molecular weight excluding hydrogens is 257 g/mol. The zero-order valence-corrected chi connectivity index (χ0v) is 9.45. The second kappa shape index (κ2) is 4.15. The lowest BCUT2D eigenvalue weighted by Crippen LogP contribution is -2.51. The van der Waals surface area contributed by atoms with Gasteiger partial charge in [-0.15, -0.1) is 0 Å². The summed E-state index contributed by atoms with van der Waals surface area (Å²) in [5.41, 5.74) is 0. The van der Waals surface area contributed by atoms with Crippen LogP contribution in [0.5, 0.6) is 0 Å². The first-order valence-corrected chi connectivity index (χ1v) is 6.22. The van der Waals surface area contributed by atoms with Gasteiger partial charge in [-0.1, -0.05) is 0 Å². The van der Waals surface area contributed by atoms with Crippen molar-refractivity contribution in [3.63, 3.8) is 0 Å². The van der Waals surface area contributed by atoms with E-state index >= 15 is 0 Å². The van der Waals surface area contributed by atoms with E-state index in [1.54, 1.807) is 0 Å². The highest BCUT2D eigenvalue weighted by atomic mass is 31.2. The van der Waals surface area contributed by atoms with Crippen molar-refractivity contribution < 1.29 is 33.4 Å². The van der Waals surface area contributed by atoms with E-state index in [0.717, 1.165) is 0 Å². The molecule has 2 rings (SSSR count). The van der Waals surface area contributed by atoms with Crippen LogP contribution in [-0.2, 0) is 14.0 Å². The predicted molar refractivity (Wildman–Crippen MR) is 50.0 cm³/mol. The third-order valence-corrected chi connectivity index (χ3v) is 3.04. The van der Waals surface area contributed by atoms with Crippen LogP contribution < -0.4 is 0 Å². The molecule has 0 aromatic rings. The minimum absolute atomic E-state index is 0.00176. The zero-order valence-electron chi connectivity index (χ0n) is 8.55. The van der Waals surface area contributed by atoms with Crippen molar-refractivity contribution in [3.8, 4) is 0 Å². The van der Waals surface area contributed by atoms with Crippen molar-refractivity contribution in [2.24, 2.45) is 0 Å². The van der Waals surface area contributed by atoms with E-state index in [9.17, 15) is 23.9 Å². The van der Waals surface area contributed by atoms with Crippen LogP contribution in [0.2, 0.25) is 0 Å². The summed E-state index contributed by atoms with van der Waals surface area (Å²) < 4.78 is 20.4. The molecule has 96 valence electrons. The van der Waals surface area contributed by atoms with E-state index in [1.165, 1.54) is 0 Å². The van der Waals surface area contributed by atoms with Gasteiger partial charge in [0.25, 0.3) is 0 Å². The molecule has 2 N–H and O–H groups in total. The summed E-state index contributed by atoms with van der Waals surface area (Å²) in [7, 11) is -4.87. The number of carbonyl (C=O) groups is 2. The van der Waals surface area contributed by atoms with Gasteiger partial charge in [0.1, 0.15) is 13.2 Å².